The van der Waals surface area contributed by atoms with E-state index in [1.807, 2.05) is 6.92 Å². The summed E-state index contributed by atoms with van der Waals surface area (Å²) in [6.45, 7) is 5.09. The van der Waals surface area contributed by atoms with Gasteiger partial charge in [0.2, 0.25) is 0 Å². The number of amides is 1. The van der Waals surface area contributed by atoms with E-state index in [4.69, 9.17) is 11.6 Å². The molecule has 2 aromatic rings. The monoisotopic (exact) mass is 349 g/mol. The van der Waals surface area contributed by atoms with Crippen molar-refractivity contribution in [1.29, 1.82) is 0 Å². The van der Waals surface area contributed by atoms with E-state index in [-0.39, 0.29) is 0 Å². The molecule has 1 heterocycles. The van der Waals surface area contributed by atoms with Gasteiger partial charge in [-0.05, 0) is 44.5 Å². The number of carboxylic acids is 1. The molecule has 2 rings (SSSR count). The molecule has 1 aromatic heterocycles. The van der Waals surface area contributed by atoms with Crippen LogP contribution < -0.4 is 5.32 Å². The van der Waals surface area contributed by atoms with Crippen LogP contribution in [0, 0.1) is 6.92 Å². The molecule has 0 saturated heterocycles. The number of rotatable bonds is 6. The largest absolute Gasteiger partial charge is 0.480 e. The van der Waals surface area contributed by atoms with Crippen molar-refractivity contribution in [2.24, 2.45) is 0 Å². The van der Waals surface area contributed by atoms with Gasteiger partial charge in [0.25, 0.3) is 5.91 Å². The highest BCUT2D eigenvalue weighted by molar-refractivity contribution is 6.30. The zero-order valence-corrected chi connectivity index (χ0v) is 14.6. The summed E-state index contributed by atoms with van der Waals surface area (Å²) in [7, 11) is 0. The second-order valence-electron chi connectivity index (χ2n) is 5.89. The van der Waals surface area contributed by atoms with Gasteiger partial charge in [-0.2, -0.15) is 5.10 Å². The molecular formula is C17H20ClN3O3. The molecule has 0 radical (unpaired) electrons. The van der Waals surface area contributed by atoms with Gasteiger partial charge in [-0.1, -0.05) is 24.9 Å². The number of halogens is 1. The smallest absolute Gasteiger partial charge is 0.329 e. The first-order valence-corrected chi connectivity index (χ1v) is 8.02. The van der Waals surface area contributed by atoms with Gasteiger partial charge in [0.1, 0.15) is 5.54 Å². The predicted octanol–water partition coefficient (Wildman–Crippen LogP) is 3.21. The van der Waals surface area contributed by atoms with E-state index in [9.17, 15) is 14.7 Å². The minimum atomic E-state index is -1.30. The van der Waals surface area contributed by atoms with Crippen LogP contribution in [0.3, 0.4) is 0 Å². The van der Waals surface area contributed by atoms with Crippen LogP contribution in [-0.2, 0) is 4.79 Å². The second kappa shape index (κ2) is 7.05. The Balaban J connectivity index is 2.27. The third kappa shape index (κ3) is 3.76. The molecule has 7 heteroatoms. The predicted molar refractivity (Wildman–Crippen MR) is 91.7 cm³/mol. The minimum absolute atomic E-state index is 0.341. The zero-order valence-electron chi connectivity index (χ0n) is 13.8. The van der Waals surface area contributed by atoms with E-state index in [1.165, 1.54) is 6.92 Å². The van der Waals surface area contributed by atoms with Crippen molar-refractivity contribution in [3.63, 3.8) is 0 Å². The van der Waals surface area contributed by atoms with E-state index >= 15 is 0 Å². The maximum atomic E-state index is 12.5. The number of benzene rings is 1. The number of aromatic nitrogens is 2. The Morgan fingerprint density at radius 2 is 1.96 bits per heavy atom. The number of aliphatic carboxylic acids is 1. The van der Waals surface area contributed by atoms with Gasteiger partial charge >= 0.3 is 5.97 Å². The number of hydrogen-bond acceptors (Lipinski definition) is 3. The summed E-state index contributed by atoms with van der Waals surface area (Å²) in [6.07, 6.45) is 2.58. The molecule has 2 N–H and O–H groups in total. The number of hydrogen-bond donors (Lipinski definition) is 2. The third-order valence-corrected chi connectivity index (χ3v) is 4.10. The molecule has 6 nitrogen and oxygen atoms in total. The maximum Gasteiger partial charge on any atom is 0.329 e. The van der Waals surface area contributed by atoms with Gasteiger partial charge in [-0.15, -0.1) is 0 Å². The molecular weight excluding hydrogens is 330 g/mol. The van der Waals surface area contributed by atoms with Crippen LogP contribution in [0.15, 0.2) is 30.5 Å². The maximum absolute atomic E-state index is 12.5. The van der Waals surface area contributed by atoms with Gasteiger partial charge in [0, 0.05) is 11.2 Å². The first kappa shape index (κ1) is 18.0. The number of nitrogens with zero attached hydrogens (tertiary/aromatic N) is 2. The summed E-state index contributed by atoms with van der Waals surface area (Å²) >= 11 is 5.87. The lowest BCUT2D eigenvalue weighted by Crippen LogP contribution is -2.52. The Morgan fingerprint density at radius 3 is 2.50 bits per heavy atom. The fraction of sp³-hybridized carbons (Fsp3) is 0.353. The van der Waals surface area contributed by atoms with Gasteiger partial charge in [-0.25, -0.2) is 9.48 Å². The average molecular weight is 350 g/mol. The number of carboxylic acid groups (broad SMARTS) is 1. The molecule has 0 aliphatic heterocycles. The van der Waals surface area contributed by atoms with Crippen LogP contribution in [-0.4, -0.2) is 32.3 Å². The molecule has 0 spiro atoms. The number of carbonyl (C=O) groups is 2. The van der Waals surface area contributed by atoms with Gasteiger partial charge in [0.05, 0.1) is 16.9 Å². The average Bonchev–Trinajstić information content (AvgIpc) is 2.90. The summed E-state index contributed by atoms with van der Waals surface area (Å²) in [4.78, 5) is 24.0. The lowest BCUT2D eigenvalue weighted by atomic mass is 9.96. The quantitative estimate of drug-likeness (QED) is 0.838. The summed E-state index contributed by atoms with van der Waals surface area (Å²) in [5.74, 6) is -1.51. The van der Waals surface area contributed by atoms with Crippen molar-refractivity contribution in [1.82, 2.24) is 15.1 Å². The fourth-order valence-electron chi connectivity index (χ4n) is 2.45. The van der Waals surface area contributed by atoms with Crippen molar-refractivity contribution in [3.05, 3.63) is 46.7 Å². The number of carbonyl (C=O) groups excluding carboxylic acids is 1. The van der Waals surface area contributed by atoms with Gasteiger partial charge in [0.15, 0.2) is 0 Å². The molecule has 1 unspecified atom stereocenters. The number of nitrogens with one attached hydrogen (secondary N) is 1. The van der Waals surface area contributed by atoms with Crippen LogP contribution in [0.2, 0.25) is 5.02 Å². The van der Waals surface area contributed by atoms with Crippen LogP contribution >= 0.6 is 11.6 Å². The van der Waals surface area contributed by atoms with Gasteiger partial charge < -0.3 is 10.4 Å². The standard InChI is InChI=1S/C17H20ClN3O3/c1-4-9-17(3,16(23)24)19-15(22)14-10-21(20-11(14)2)13-7-5-12(18)6-8-13/h5-8,10H,4,9H2,1-3H3,(H,19,22)(H,23,24). The number of aryl methyl sites for hydroxylation is 1. The first-order chi connectivity index (χ1) is 11.3. The highest BCUT2D eigenvalue weighted by atomic mass is 35.5. The molecule has 0 bridgehead atoms. The van der Waals surface area contributed by atoms with Crippen LogP contribution in [0.5, 0.6) is 0 Å². The van der Waals surface area contributed by atoms with Crippen molar-refractivity contribution in [3.8, 4) is 5.69 Å². The normalized spacial score (nSPS) is 13.3. The van der Waals surface area contributed by atoms with Crippen molar-refractivity contribution in [2.75, 3.05) is 0 Å². The summed E-state index contributed by atoms with van der Waals surface area (Å²) in [5.41, 5.74) is 0.317. The molecule has 0 fully saturated rings. The molecule has 128 valence electrons. The minimum Gasteiger partial charge on any atom is -0.480 e. The topological polar surface area (TPSA) is 84.2 Å². The van der Waals surface area contributed by atoms with Crippen LogP contribution in [0.1, 0.15) is 42.7 Å². The lowest BCUT2D eigenvalue weighted by Gasteiger charge is -2.25. The van der Waals surface area contributed by atoms with Crippen LogP contribution in [0.25, 0.3) is 5.69 Å². The highest BCUT2D eigenvalue weighted by Gasteiger charge is 2.34. The second-order valence-corrected chi connectivity index (χ2v) is 6.33. The summed E-state index contributed by atoms with van der Waals surface area (Å²) in [6, 6.07) is 7.04. The van der Waals surface area contributed by atoms with Crippen molar-refractivity contribution >= 4 is 23.5 Å². The molecule has 0 aliphatic rings. The van der Waals surface area contributed by atoms with Gasteiger partial charge in [-0.3, -0.25) is 4.79 Å². The Bertz CT molecular complexity index is 755. The highest BCUT2D eigenvalue weighted by Crippen LogP contribution is 2.18. The Labute approximate surface area is 145 Å². The fourth-order valence-corrected chi connectivity index (χ4v) is 2.58. The SMILES string of the molecule is CCCC(C)(NC(=O)c1cn(-c2ccc(Cl)cc2)nc1C)C(=O)O. The molecule has 1 aromatic carbocycles. The molecule has 24 heavy (non-hydrogen) atoms. The Morgan fingerprint density at radius 1 is 1.33 bits per heavy atom. The van der Waals surface area contributed by atoms with E-state index in [1.54, 1.807) is 42.1 Å². The lowest BCUT2D eigenvalue weighted by molar-refractivity contribution is -0.144. The summed E-state index contributed by atoms with van der Waals surface area (Å²) < 4.78 is 1.57. The zero-order chi connectivity index (χ0) is 17.9. The van der Waals surface area contributed by atoms with E-state index in [2.05, 4.69) is 10.4 Å². The van der Waals surface area contributed by atoms with E-state index in [0.29, 0.717) is 29.1 Å². The van der Waals surface area contributed by atoms with E-state index < -0.39 is 17.4 Å². The molecule has 1 amide bonds. The van der Waals surface area contributed by atoms with E-state index in [0.717, 1.165) is 5.69 Å². The van der Waals surface area contributed by atoms with Crippen molar-refractivity contribution in [2.45, 2.75) is 39.2 Å². The molecule has 0 saturated carbocycles. The molecule has 1 atom stereocenters. The van der Waals surface area contributed by atoms with Crippen molar-refractivity contribution < 1.29 is 14.7 Å². The molecule has 0 aliphatic carbocycles. The Kier molecular flexibility index (Phi) is 5.29. The van der Waals surface area contributed by atoms with Crippen LogP contribution in [0.4, 0.5) is 0 Å². The Hall–Kier alpha value is -2.34. The third-order valence-electron chi connectivity index (χ3n) is 3.85. The first-order valence-electron chi connectivity index (χ1n) is 7.65. The summed E-state index contributed by atoms with van der Waals surface area (Å²) in [5, 5.41) is 16.9.